The second kappa shape index (κ2) is 9.11. The number of amides is 1. The summed E-state index contributed by atoms with van der Waals surface area (Å²) in [5.41, 5.74) is 5.37. The molecular formula is C26H22ClN5O2. The van der Waals surface area contributed by atoms with E-state index in [1.165, 1.54) is 0 Å². The summed E-state index contributed by atoms with van der Waals surface area (Å²) < 4.78 is 7.37. The molecule has 2 heterocycles. The molecule has 1 N–H and O–H groups in total. The summed E-state index contributed by atoms with van der Waals surface area (Å²) >= 11 is 6.13. The molecule has 170 valence electrons. The molecule has 1 aliphatic heterocycles. The van der Waals surface area contributed by atoms with Gasteiger partial charge in [0.1, 0.15) is 12.4 Å². The molecule has 34 heavy (non-hydrogen) atoms. The van der Waals surface area contributed by atoms with Crippen molar-refractivity contribution in [3.05, 3.63) is 112 Å². The van der Waals surface area contributed by atoms with Gasteiger partial charge in [0, 0.05) is 16.1 Å². The Morgan fingerprint density at radius 2 is 1.79 bits per heavy atom. The Bertz CT molecular complexity index is 1380. The van der Waals surface area contributed by atoms with Gasteiger partial charge in [0.15, 0.2) is 12.0 Å². The minimum absolute atomic E-state index is 0.151. The molecule has 4 aromatic rings. The average Bonchev–Trinajstić information content (AvgIpc) is 3.16. The molecule has 0 aliphatic carbocycles. The minimum atomic E-state index is -0.803. The fourth-order valence-corrected chi connectivity index (χ4v) is 4.08. The summed E-state index contributed by atoms with van der Waals surface area (Å²) in [6, 6.07) is 23.1. The van der Waals surface area contributed by atoms with Gasteiger partial charge in [-0.1, -0.05) is 65.7 Å². The lowest BCUT2D eigenvalue weighted by atomic mass is 9.98. The van der Waals surface area contributed by atoms with Gasteiger partial charge < -0.3 is 4.74 Å². The molecule has 8 heteroatoms. The molecule has 0 fully saturated rings. The number of carbonyl (C=O) groups excluding carboxylic acids is 1. The van der Waals surface area contributed by atoms with Gasteiger partial charge in [0.05, 0.1) is 11.4 Å². The zero-order chi connectivity index (χ0) is 23.7. The van der Waals surface area contributed by atoms with Gasteiger partial charge in [-0.05, 0) is 43.7 Å². The molecule has 1 atom stereocenters. The van der Waals surface area contributed by atoms with Crippen molar-refractivity contribution in [1.82, 2.24) is 20.1 Å². The first-order chi connectivity index (χ1) is 16.5. The monoisotopic (exact) mass is 471 g/mol. The van der Waals surface area contributed by atoms with Crippen molar-refractivity contribution < 1.29 is 9.53 Å². The van der Waals surface area contributed by atoms with Crippen LogP contribution in [0.4, 0.5) is 4.79 Å². The fraction of sp³-hybridized carbons (Fsp3) is 0.154. The molecule has 0 saturated carbocycles. The molecule has 0 radical (unpaired) electrons. The Kier molecular flexibility index (Phi) is 5.86. The van der Waals surface area contributed by atoms with Crippen LogP contribution in [-0.4, -0.2) is 26.6 Å². The number of aliphatic imine (C=N–C) groups is 1. The molecule has 5 rings (SSSR count). The number of benzene rings is 3. The summed E-state index contributed by atoms with van der Waals surface area (Å²) in [5, 5.41) is 12.1. The van der Waals surface area contributed by atoms with Crippen LogP contribution in [0.25, 0.3) is 5.69 Å². The number of fused-ring (bicyclic) bond motifs is 3. The smallest absolute Gasteiger partial charge is 0.409 e. The van der Waals surface area contributed by atoms with E-state index in [9.17, 15) is 4.79 Å². The van der Waals surface area contributed by atoms with Gasteiger partial charge >= 0.3 is 6.09 Å². The Morgan fingerprint density at radius 3 is 2.56 bits per heavy atom. The van der Waals surface area contributed by atoms with E-state index in [1.54, 1.807) is 0 Å². The number of halogens is 1. The third kappa shape index (κ3) is 4.30. The van der Waals surface area contributed by atoms with Crippen LogP contribution >= 0.6 is 11.6 Å². The highest BCUT2D eigenvalue weighted by molar-refractivity contribution is 6.30. The van der Waals surface area contributed by atoms with Crippen LogP contribution < -0.4 is 5.32 Å². The van der Waals surface area contributed by atoms with E-state index in [0.29, 0.717) is 22.4 Å². The first-order valence-electron chi connectivity index (χ1n) is 10.8. The highest BCUT2D eigenvalue weighted by atomic mass is 35.5. The quantitative estimate of drug-likeness (QED) is 0.437. The second-order valence-corrected chi connectivity index (χ2v) is 8.49. The van der Waals surface area contributed by atoms with Gasteiger partial charge in [-0.2, -0.15) is 0 Å². The lowest BCUT2D eigenvalue weighted by Crippen LogP contribution is -2.30. The highest BCUT2D eigenvalue weighted by Gasteiger charge is 2.29. The van der Waals surface area contributed by atoms with Crippen LogP contribution in [-0.2, 0) is 11.3 Å². The first-order valence-corrected chi connectivity index (χ1v) is 11.2. The highest BCUT2D eigenvalue weighted by Crippen LogP contribution is 2.30. The maximum Gasteiger partial charge on any atom is 0.409 e. The molecule has 1 unspecified atom stereocenters. The molecule has 3 aromatic carbocycles. The number of nitrogens with one attached hydrogen (secondary N) is 1. The molecule has 7 nitrogen and oxygen atoms in total. The summed E-state index contributed by atoms with van der Waals surface area (Å²) in [7, 11) is 0. The summed E-state index contributed by atoms with van der Waals surface area (Å²) in [6.07, 6.45) is -1.40. The molecule has 0 bridgehead atoms. The number of rotatable bonds is 4. The van der Waals surface area contributed by atoms with Crippen molar-refractivity contribution in [3.8, 4) is 5.69 Å². The number of hydrogen-bond acceptors (Lipinski definition) is 5. The van der Waals surface area contributed by atoms with Gasteiger partial charge in [-0.15, -0.1) is 10.2 Å². The number of hydrogen-bond donors (Lipinski definition) is 1. The maximum atomic E-state index is 12.8. The second-order valence-electron chi connectivity index (χ2n) is 8.05. The van der Waals surface area contributed by atoms with Gasteiger partial charge in [0.2, 0.25) is 0 Å². The van der Waals surface area contributed by atoms with E-state index < -0.39 is 12.3 Å². The third-order valence-electron chi connectivity index (χ3n) is 5.59. The Hall–Kier alpha value is -3.97. The average molecular weight is 472 g/mol. The van der Waals surface area contributed by atoms with Crippen molar-refractivity contribution in [2.75, 3.05) is 0 Å². The minimum Gasteiger partial charge on any atom is -0.445 e. The Morgan fingerprint density at radius 1 is 1.03 bits per heavy atom. The van der Waals surface area contributed by atoms with E-state index >= 15 is 0 Å². The summed E-state index contributed by atoms with van der Waals surface area (Å²) in [5.74, 6) is 1.19. The van der Waals surface area contributed by atoms with Crippen molar-refractivity contribution in [3.63, 3.8) is 0 Å². The number of aryl methyl sites for hydroxylation is 2. The number of carbonyl (C=O) groups is 1. The summed E-state index contributed by atoms with van der Waals surface area (Å²) in [6.45, 7) is 4.05. The van der Waals surface area contributed by atoms with Gasteiger partial charge in [0.25, 0.3) is 0 Å². The van der Waals surface area contributed by atoms with Crippen LogP contribution in [0.2, 0.25) is 5.02 Å². The first kappa shape index (κ1) is 21.9. The molecular weight excluding hydrogens is 450 g/mol. The predicted octanol–water partition coefficient (Wildman–Crippen LogP) is 5.31. The van der Waals surface area contributed by atoms with E-state index in [4.69, 9.17) is 21.3 Å². The molecule has 0 spiro atoms. The number of ether oxygens (including phenoxy) is 1. The third-order valence-corrected chi connectivity index (χ3v) is 5.84. The zero-order valence-electron chi connectivity index (χ0n) is 18.7. The van der Waals surface area contributed by atoms with E-state index in [1.807, 2.05) is 85.1 Å². The maximum absolute atomic E-state index is 12.8. The van der Waals surface area contributed by atoms with Crippen LogP contribution in [0.5, 0.6) is 0 Å². The molecule has 0 saturated heterocycles. The normalized spacial score (nSPS) is 14.4. The predicted molar refractivity (Wildman–Crippen MR) is 130 cm³/mol. The largest absolute Gasteiger partial charge is 0.445 e. The SMILES string of the molecule is Cc1ccc2c(c1)C(c1ccc(Cl)cc1)=NC(NC(=O)OCc1ccccc1)c1nnc(C)n1-2. The van der Waals surface area contributed by atoms with E-state index in [2.05, 4.69) is 21.6 Å². The van der Waals surface area contributed by atoms with Crippen molar-refractivity contribution in [1.29, 1.82) is 0 Å². The van der Waals surface area contributed by atoms with Crippen LogP contribution in [0.15, 0.2) is 77.8 Å². The van der Waals surface area contributed by atoms with E-state index in [0.717, 1.165) is 27.9 Å². The Balaban J connectivity index is 1.56. The topological polar surface area (TPSA) is 81.4 Å². The Labute approximate surface area is 202 Å². The van der Waals surface area contributed by atoms with Crippen LogP contribution in [0.1, 0.15) is 40.1 Å². The number of alkyl carbamates (subject to hydrolysis) is 1. The fourth-order valence-electron chi connectivity index (χ4n) is 3.96. The van der Waals surface area contributed by atoms with Crippen molar-refractivity contribution >= 4 is 23.4 Å². The van der Waals surface area contributed by atoms with Gasteiger partial charge in [-0.25, -0.2) is 4.79 Å². The number of aromatic nitrogens is 3. The van der Waals surface area contributed by atoms with Crippen molar-refractivity contribution in [2.45, 2.75) is 26.6 Å². The molecule has 1 aromatic heterocycles. The standard InChI is InChI=1S/C26H22ClN5O2/c1-16-8-13-22-21(14-16)23(19-9-11-20(27)12-10-19)28-24(25-31-30-17(2)32(22)25)29-26(33)34-15-18-6-4-3-5-7-18/h3-14,24H,15H2,1-2H3,(H,29,33). The summed E-state index contributed by atoms with van der Waals surface area (Å²) in [4.78, 5) is 17.7. The lowest BCUT2D eigenvalue weighted by Gasteiger charge is -2.14. The van der Waals surface area contributed by atoms with Crippen LogP contribution in [0, 0.1) is 13.8 Å². The lowest BCUT2D eigenvalue weighted by molar-refractivity contribution is 0.135. The number of nitrogens with zero attached hydrogens (tertiary/aromatic N) is 4. The molecule has 1 aliphatic rings. The van der Waals surface area contributed by atoms with Crippen LogP contribution in [0.3, 0.4) is 0 Å². The van der Waals surface area contributed by atoms with Crippen molar-refractivity contribution in [2.24, 2.45) is 4.99 Å². The zero-order valence-corrected chi connectivity index (χ0v) is 19.5. The van der Waals surface area contributed by atoms with E-state index in [-0.39, 0.29) is 6.61 Å². The van der Waals surface area contributed by atoms with Gasteiger partial charge in [-0.3, -0.25) is 14.9 Å². The molecule has 1 amide bonds.